The van der Waals surface area contributed by atoms with Crippen LogP contribution in [-0.4, -0.2) is 43.9 Å². The van der Waals surface area contributed by atoms with Crippen molar-refractivity contribution in [2.75, 3.05) is 14.1 Å². The number of carbonyl (C=O) groups is 1. The van der Waals surface area contributed by atoms with Crippen molar-refractivity contribution in [3.8, 4) is 0 Å². The van der Waals surface area contributed by atoms with Crippen LogP contribution in [-0.2, 0) is 15.0 Å². The maximum atomic E-state index is 11.9. The largest absolute Gasteiger partial charge is 0.481 e. The molecule has 0 aromatic heterocycles. The lowest BCUT2D eigenvalue weighted by Gasteiger charge is -2.46. The van der Waals surface area contributed by atoms with Crippen LogP contribution >= 0.6 is 0 Å². The molecule has 1 fully saturated rings. The Hall–Kier alpha value is -0.660. The van der Waals surface area contributed by atoms with Gasteiger partial charge in [-0.2, -0.15) is 17.4 Å². The Morgan fingerprint density at radius 3 is 2.26 bits per heavy atom. The minimum atomic E-state index is -3.48. The standard InChI is InChI=1S/C12H24N2O4S/c1-8-10(13-19(17,18)14(4)5)7-6-9(11(15)16)12(8,2)3/h8-10,13H,6-7H2,1-5H3,(H,15,16). The number of hydrogen-bond acceptors (Lipinski definition) is 3. The predicted octanol–water partition coefficient (Wildman–Crippen LogP) is 0.908. The molecule has 1 saturated carbocycles. The first-order chi connectivity index (χ1) is 8.50. The van der Waals surface area contributed by atoms with Crippen molar-refractivity contribution in [2.24, 2.45) is 17.3 Å². The molecule has 1 rings (SSSR count). The molecule has 0 radical (unpaired) electrons. The van der Waals surface area contributed by atoms with E-state index >= 15 is 0 Å². The molecule has 7 heteroatoms. The average molecular weight is 292 g/mol. The first-order valence-electron chi connectivity index (χ1n) is 6.42. The summed E-state index contributed by atoms with van der Waals surface area (Å²) in [5.74, 6) is -1.27. The molecule has 0 spiro atoms. The molecule has 3 atom stereocenters. The summed E-state index contributed by atoms with van der Waals surface area (Å²) in [4.78, 5) is 11.3. The molecular weight excluding hydrogens is 268 g/mol. The molecular formula is C12H24N2O4S. The third kappa shape index (κ3) is 3.27. The van der Waals surface area contributed by atoms with Gasteiger partial charge in [-0.1, -0.05) is 20.8 Å². The lowest BCUT2D eigenvalue weighted by atomic mass is 9.61. The van der Waals surface area contributed by atoms with Gasteiger partial charge in [-0.3, -0.25) is 4.79 Å². The van der Waals surface area contributed by atoms with Gasteiger partial charge in [-0.15, -0.1) is 0 Å². The van der Waals surface area contributed by atoms with E-state index in [1.807, 2.05) is 20.8 Å². The van der Waals surface area contributed by atoms with Crippen molar-refractivity contribution in [1.82, 2.24) is 9.03 Å². The summed E-state index contributed by atoms with van der Waals surface area (Å²) in [6, 6.07) is -0.224. The van der Waals surface area contributed by atoms with Crippen molar-refractivity contribution in [2.45, 2.75) is 39.7 Å². The van der Waals surface area contributed by atoms with E-state index in [0.29, 0.717) is 12.8 Å². The molecule has 0 aromatic rings. The summed E-state index contributed by atoms with van der Waals surface area (Å²) >= 11 is 0. The Balaban J connectivity index is 2.90. The van der Waals surface area contributed by atoms with Gasteiger partial charge in [0.2, 0.25) is 0 Å². The summed E-state index contributed by atoms with van der Waals surface area (Å²) in [6.45, 7) is 5.71. The highest BCUT2D eigenvalue weighted by Crippen LogP contribution is 2.45. The van der Waals surface area contributed by atoms with Gasteiger partial charge in [0, 0.05) is 20.1 Å². The van der Waals surface area contributed by atoms with Crippen LogP contribution in [0.15, 0.2) is 0 Å². The van der Waals surface area contributed by atoms with Crippen molar-refractivity contribution in [1.29, 1.82) is 0 Å². The zero-order valence-corrected chi connectivity index (χ0v) is 13.0. The molecule has 2 N–H and O–H groups in total. The fourth-order valence-corrected chi connectivity index (χ4v) is 3.62. The first kappa shape index (κ1) is 16.4. The Bertz CT molecular complexity index is 445. The Labute approximate surface area is 115 Å². The molecule has 0 aliphatic heterocycles. The predicted molar refractivity (Wildman–Crippen MR) is 72.8 cm³/mol. The normalized spacial score (nSPS) is 31.4. The molecule has 112 valence electrons. The number of nitrogens with one attached hydrogen (secondary N) is 1. The van der Waals surface area contributed by atoms with Gasteiger partial charge in [-0.05, 0) is 24.2 Å². The van der Waals surface area contributed by atoms with Gasteiger partial charge in [0.05, 0.1) is 5.92 Å². The van der Waals surface area contributed by atoms with Crippen molar-refractivity contribution in [3.63, 3.8) is 0 Å². The smallest absolute Gasteiger partial charge is 0.307 e. The quantitative estimate of drug-likeness (QED) is 0.806. The maximum absolute atomic E-state index is 11.9. The highest BCUT2D eigenvalue weighted by atomic mass is 32.2. The summed E-state index contributed by atoms with van der Waals surface area (Å²) in [7, 11) is -0.536. The van der Waals surface area contributed by atoms with Gasteiger partial charge in [0.15, 0.2) is 0 Å². The van der Waals surface area contributed by atoms with Crippen LogP contribution in [0, 0.1) is 17.3 Å². The second-order valence-electron chi connectivity index (χ2n) is 6.09. The van der Waals surface area contributed by atoms with Crippen LogP contribution in [0.2, 0.25) is 0 Å². The molecule has 0 bridgehead atoms. The van der Waals surface area contributed by atoms with E-state index in [2.05, 4.69) is 4.72 Å². The van der Waals surface area contributed by atoms with Gasteiger partial charge < -0.3 is 5.11 Å². The monoisotopic (exact) mass is 292 g/mol. The summed E-state index contributed by atoms with van der Waals surface area (Å²) in [5, 5.41) is 9.25. The highest BCUT2D eigenvalue weighted by molar-refractivity contribution is 7.87. The number of rotatable bonds is 4. The van der Waals surface area contributed by atoms with E-state index in [9.17, 15) is 18.3 Å². The van der Waals surface area contributed by atoms with Crippen LogP contribution in [0.5, 0.6) is 0 Å². The lowest BCUT2D eigenvalue weighted by molar-refractivity contribution is -0.150. The molecule has 0 heterocycles. The molecule has 0 aromatic carbocycles. The maximum Gasteiger partial charge on any atom is 0.307 e. The summed E-state index contributed by atoms with van der Waals surface area (Å²) in [5.41, 5.74) is -0.441. The second kappa shape index (κ2) is 5.38. The third-order valence-electron chi connectivity index (χ3n) is 4.52. The van der Waals surface area contributed by atoms with Crippen LogP contribution in [0.1, 0.15) is 33.6 Å². The zero-order valence-electron chi connectivity index (χ0n) is 12.2. The third-order valence-corrected chi connectivity index (χ3v) is 6.08. The Morgan fingerprint density at radius 2 is 1.84 bits per heavy atom. The average Bonchev–Trinajstić information content (AvgIpc) is 2.23. The van der Waals surface area contributed by atoms with E-state index in [1.54, 1.807) is 0 Å². The molecule has 19 heavy (non-hydrogen) atoms. The topological polar surface area (TPSA) is 86.7 Å². The molecule has 0 saturated heterocycles. The van der Waals surface area contributed by atoms with Crippen molar-refractivity contribution >= 4 is 16.2 Å². The minimum absolute atomic E-state index is 0.0444. The number of nitrogens with zero attached hydrogens (tertiary/aromatic N) is 1. The highest BCUT2D eigenvalue weighted by Gasteiger charge is 2.47. The van der Waals surface area contributed by atoms with Gasteiger partial charge in [0.25, 0.3) is 10.2 Å². The van der Waals surface area contributed by atoms with Crippen LogP contribution < -0.4 is 4.72 Å². The van der Waals surface area contributed by atoms with E-state index < -0.39 is 27.5 Å². The van der Waals surface area contributed by atoms with Crippen molar-refractivity contribution < 1.29 is 18.3 Å². The van der Waals surface area contributed by atoms with Crippen molar-refractivity contribution in [3.05, 3.63) is 0 Å². The Morgan fingerprint density at radius 1 is 1.32 bits per heavy atom. The number of aliphatic carboxylic acids is 1. The van der Waals surface area contributed by atoms with E-state index in [4.69, 9.17) is 0 Å². The molecule has 6 nitrogen and oxygen atoms in total. The van der Waals surface area contributed by atoms with Gasteiger partial charge in [-0.25, -0.2) is 0 Å². The second-order valence-corrected chi connectivity index (χ2v) is 8.01. The summed E-state index contributed by atoms with van der Waals surface area (Å²) < 4.78 is 27.5. The van der Waals surface area contributed by atoms with Crippen LogP contribution in [0.3, 0.4) is 0 Å². The first-order valence-corrected chi connectivity index (χ1v) is 7.86. The Kier molecular flexibility index (Phi) is 4.64. The molecule has 1 aliphatic carbocycles. The lowest BCUT2D eigenvalue weighted by Crippen LogP contribution is -2.54. The molecule has 1 aliphatic rings. The van der Waals surface area contributed by atoms with Gasteiger partial charge in [0.1, 0.15) is 0 Å². The van der Waals surface area contributed by atoms with E-state index in [1.165, 1.54) is 14.1 Å². The zero-order chi connectivity index (χ0) is 15.0. The molecule has 0 amide bonds. The number of carboxylic acids is 1. The van der Waals surface area contributed by atoms with E-state index in [-0.39, 0.29) is 12.0 Å². The number of hydrogen-bond donors (Lipinski definition) is 2. The molecule has 3 unspecified atom stereocenters. The van der Waals surface area contributed by atoms with Crippen LogP contribution in [0.4, 0.5) is 0 Å². The van der Waals surface area contributed by atoms with Gasteiger partial charge >= 0.3 is 5.97 Å². The minimum Gasteiger partial charge on any atom is -0.481 e. The van der Waals surface area contributed by atoms with Crippen LogP contribution in [0.25, 0.3) is 0 Å². The summed E-state index contributed by atoms with van der Waals surface area (Å²) in [6.07, 6.45) is 1.04. The fourth-order valence-electron chi connectivity index (χ4n) is 2.70. The van der Waals surface area contributed by atoms with E-state index in [0.717, 1.165) is 4.31 Å². The number of carboxylic acid groups (broad SMARTS) is 1. The fraction of sp³-hybridized carbons (Fsp3) is 0.917. The SMILES string of the molecule is CC1C(NS(=O)(=O)N(C)C)CCC(C(=O)O)C1(C)C.